The van der Waals surface area contributed by atoms with E-state index in [4.69, 9.17) is 11.6 Å². The van der Waals surface area contributed by atoms with E-state index < -0.39 is 10.0 Å². The average Bonchev–Trinajstić information content (AvgIpc) is 2.48. The van der Waals surface area contributed by atoms with Gasteiger partial charge in [0.25, 0.3) is 0 Å². The minimum atomic E-state index is -3.53. The van der Waals surface area contributed by atoms with Gasteiger partial charge in [0.05, 0.1) is 0 Å². The minimum Gasteiger partial charge on any atom is -0.243 e. The highest BCUT2D eigenvalue weighted by Crippen LogP contribution is 2.18. The molecule has 0 aliphatic carbocycles. The second-order valence-corrected chi connectivity index (χ2v) is 6.97. The number of rotatable bonds is 6. The summed E-state index contributed by atoms with van der Waals surface area (Å²) in [5, 5.41) is 0.270. The largest absolute Gasteiger partial charge is 0.243 e. The predicted molar refractivity (Wildman–Crippen MR) is 83.9 cm³/mol. The molecule has 1 aromatic heterocycles. The zero-order valence-corrected chi connectivity index (χ0v) is 13.2. The Bertz CT molecular complexity index is 673. The molecule has 0 spiro atoms. The van der Waals surface area contributed by atoms with Gasteiger partial charge in [-0.15, -0.1) is 0 Å². The second-order valence-electron chi connectivity index (χ2n) is 4.81. The summed E-state index contributed by atoms with van der Waals surface area (Å²) >= 11 is 5.65. The van der Waals surface area contributed by atoms with Gasteiger partial charge in [-0.1, -0.05) is 48.9 Å². The van der Waals surface area contributed by atoms with E-state index >= 15 is 0 Å². The number of hydrogen-bond donors (Lipinski definition) is 1. The van der Waals surface area contributed by atoms with Crippen LogP contribution in [-0.2, 0) is 10.0 Å². The summed E-state index contributed by atoms with van der Waals surface area (Å²) in [6.45, 7) is 2.45. The van der Waals surface area contributed by atoms with Crippen molar-refractivity contribution in [2.75, 3.05) is 6.54 Å². The molecule has 0 amide bonds. The van der Waals surface area contributed by atoms with Crippen molar-refractivity contribution < 1.29 is 8.42 Å². The van der Waals surface area contributed by atoms with Gasteiger partial charge in [0.15, 0.2) is 0 Å². The van der Waals surface area contributed by atoms with Gasteiger partial charge < -0.3 is 0 Å². The van der Waals surface area contributed by atoms with Crippen molar-refractivity contribution in [3.05, 3.63) is 59.4 Å². The zero-order valence-electron chi connectivity index (χ0n) is 11.7. The van der Waals surface area contributed by atoms with Crippen LogP contribution in [0.5, 0.6) is 0 Å². The van der Waals surface area contributed by atoms with Crippen LogP contribution in [0.3, 0.4) is 0 Å². The van der Waals surface area contributed by atoms with Crippen LogP contribution in [-0.4, -0.2) is 19.9 Å². The number of benzene rings is 1. The van der Waals surface area contributed by atoms with Crippen molar-refractivity contribution in [2.45, 2.75) is 24.2 Å². The second kappa shape index (κ2) is 7.02. The fourth-order valence-electron chi connectivity index (χ4n) is 1.96. The third kappa shape index (κ3) is 4.52. The van der Waals surface area contributed by atoms with Crippen molar-refractivity contribution in [3.8, 4) is 0 Å². The third-order valence-electron chi connectivity index (χ3n) is 3.25. The summed E-state index contributed by atoms with van der Waals surface area (Å²) in [5.41, 5.74) is 1.20. The highest BCUT2D eigenvalue weighted by Gasteiger charge is 2.14. The summed E-state index contributed by atoms with van der Waals surface area (Å²) in [5.74, 6) is 0.289. The molecule has 1 N–H and O–H groups in total. The number of sulfonamides is 1. The number of pyridine rings is 1. The van der Waals surface area contributed by atoms with E-state index in [0.29, 0.717) is 6.54 Å². The Labute approximate surface area is 130 Å². The summed E-state index contributed by atoms with van der Waals surface area (Å²) in [4.78, 5) is 3.91. The molecular weight excluding hydrogens is 308 g/mol. The molecule has 21 heavy (non-hydrogen) atoms. The molecule has 0 saturated carbocycles. The summed E-state index contributed by atoms with van der Waals surface area (Å²) in [6, 6.07) is 12.9. The topological polar surface area (TPSA) is 59.1 Å². The molecule has 1 unspecified atom stereocenters. The lowest BCUT2D eigenvalue weighted by atomic mass is 9.98. The first-order valence-corrected chi connectivity index (χ1v) is 8.51. The molecule has 1 aromatic carbocycles. The Kier molecular flexibility index (Phi) is 5.33. The first-order valence-electron chi connectivity index (χ1n) is 6.65. The number of hydrogen-bond acceptors (Lipinski definition) is 3. The summed E-state index contributed by atoms with van der Waals surface area (Å²) in [7, 11) is -3.53. The Hall–Kier alpha value is -1.43. The predicted octanol–water partition coefficient (Wildman–Crippen LogP) is 3.21. The van der Waals surface area contributed by atoms with Crippen LogP contribution in [0.2, 0.25) is 5.15 Å². The quantitative estimate of drug-likeness (QED) is 0.830. The normalized spacial score (nSPS) is 13.0. The first-order chi connectivity index (χ1) is 9.99. The molecule has 0 bridgehead atoms. The highest BCUT2D eigenvalue weighted by atomic mass is 35.5. The van der Waals surface area contributed by atoms with Gasteiger partial charge in [0.2, 0.25) is 10.0 Å². The van der Waals surface area contributed by atoms with Crippen LogP contribution in [0.25, 0.3) is 0 Å². The third-order valence-corrected chi connectivity index (χ3v) is 4.92. The van der Waals surface area contributed by atoms with E-state index in [1.165, 1.54) is 23.9 Å². The van der Waals surface area contributed by atoms with Gasteiger partial charge in [-0.2, -0.15) is 0 Å². The lowest BCUT2D eigenvalue weighted by Gasteiger charge is -2.12. The Morgan fingerprint density at radius 1 is 1.19 bits per heavy atom. The minimum absolute atomic E-state index is 0.124. The molecule has 0 saturated heterocycles. The van der Waals surface area contributed by atoms with Crippen molar-refractivity contribution in [3.63, 3.8) is 0 Å². The van der Waals surface area contributed by atoms with Gasteiger partial charge in [-0.05, 0) is 30.0 Å². The Morgan fingerprint density at radius 3 is 2.52 bits per heavy atom. The summed E-state index contributed by atoms with van der Waals surface area (Å²) < 4.78 is 26.7. The van der Waals surface area contributed by atoms with Crippen LogP contribution in [0.4, 0.5) is 0 Å². The van der Waals surface area contributed by atoms with E-state index in [9.17, 15) is 8.42 Å². The van der Waals surface area contributed by atoms with Gasteiger partial charge in [-0.3, -0.25) is 0 Å². The number of halogens is 1. The van der Waals surface area contributed by atoms with Gasteiger partial charge in [0, 0.05) is 12.7 Å². The lowest BCUT2D eigenvalue weighted by molar-refractivity contribution is 0.572. The molecule has 1 heterocycles. The van der Waals surface area contributed by atoms with Gasteiger partial charge >= 0.3 is 0 Å². The zero-order chi connectivity index (χ0) is 15.3. The Morgan fingerprint density at radius 2 is 1.90 bits per heavy atom. The number of aromatic nitrogens is 1. The van der Waals surface area contributed by atoms with Crippen molar-refractivity contribution in [1.82, 2.24) is 9.71 Å². The van der Waals surface area contributed by atoms with Crippen LogP contribution < -0.4 is 4.72 Å². The van der Waals surface area contributed by atoms with E-state index in [2.05, 4.69) is 16.6 Å². The molecule has 0 fully saturated rings. The van der Waals surface area contributed by atoms with Crippen molar-refractivity contribution in [1.29, 1.82) is 0 Å². The molecule has 2 aromatic rings. The maximum atomic E-state index is 12.1. The Balaban J connectivity index is 1.92. The van der Waals surface area contributed by atoms with Crippen molar-refractivity contribution >= 4 is 21.6 Å². The molecule has 4 nitrogen and oxygen atoms in total. The number of nitrogens with zero attached hydrogens (tertiary/aromatic N) is 1. The maximum Gasteiger partial charge on any atom is 0.242 e. The molecule has 0 aliphatic rings. The van der Waals surface area contributed by atoms with E-state index in [1.807, 2.05) is 30.3 Å². The maximum absolute atomic E-state index is 12.1. The monoisotopic (exact) mass is 324 g/mol. The van der Waals surface area contributed by atoms with Gasteiger partial charge in [-0.25, -0.2) is 18.1 Å². The van der Waals surface area contributed by atoms with Crippen LogP contribution in [0, 0.1) is 0 Å². The molecule has 0 aliphatic heterocycles. The fraction of sp³-hybridized carbons (Fsp3) is 0.267. The lowest BCUT2D eigenvalue weighted by Crippen LogP contribution is -2.25. The van der Waals surface area contributed by atoms with Crippen molar-refractivity contribution in [2.24, 2.45) is 0 Å². The number of nitrogens with one attached hydrogen (secondary N) is 1. The fourth-order valence-corrected chi connectivity index (χ4v) is 3.07. The van der Waals surface area contributed by atoms with Crippen LogP contribution in [0.15, 0.2) is 53.6 Å². The smallest absolute Gasteiger partial charge is 0.242 e. The van der Waals surface area contributed by atoms with Crippen LogP contribution >= 0.6 is 11.6 Å². The standard InChI is InChI=1S/C15H17ClN2O2S/c1-12(13-5-3-2-4-6-13)9-10-18-21(19,20)14-7-8-15(16)17-11-14/h2-8,11-12,18H,9-10H2,1H3. The molecular formula is C15H17ClN2O2S. The molecule has 112 valence electrons. The van der Waals surface area contributed by atoms with Crippen LogP contribution in [0.1, 0.15) is 24.8 Å². The SMILES string of the molecule is CC(CCNS(=O)(=O)c1ccc(Cl)nc1)c1ccccc1. The van der Waals surface area contributed by atoms with Gasteiger partial charge in [0.1, 0.15) is 10.0 Å². The molecule has 1 atom stereocenters. The molecule has 0 radical (unpaired) electrons. The highest BCUT2D eigenvalue weighted by molar-refractivity contribution is 7.89. The first kappa shape index (κ1) is 15.9. The van der Waals surface area contributed by atoms with E-state index in [1.54, 1.807) is 0 Å². The molecule has 2 rings (SSSR count). The molecule has 6 heteroatoms. The average molecular weight is 325 g/mol. The van der Waals surface area contributed by atoms with E-state index in [0.717, 1.165) is 6.42 Å². The van der Waals surface area contributed by atoms with E-state index in [-0.39, 0.29) is 16.0 Å². The summed E-state index contributed by atoms with van der Waals surface area (Å²) in [6.07, 6.45) is 1.98.